The lowest BCUT2D eigenvalue weighted by molar-refractivity contribution is 0.0750. The van der Waals surface area contributed by atoms with Gasteiger partial charge in [-0.2, -0.15) is 0 Å². The maximum atomic E-state index is 12.9. The first-order valence-corrected chi connectivity index (χ1v) is 8.04. The van der Waals surface area contributed by atoms with Crippen molar-refractivity contribution in [2.24, 2.45) is 0 Å². The van der Waals surface area contributed by atoms with Crippen LogP contribution in [0.4, 0.5) is 4.39 Å². The SMILES string of the molecule is CCCN(CCC)C(=O)c1csc(-c2ccc(F)cc2)n1. The van der Waals surface area contributed by atoms with E-state index in [2.05, 4.69) is 18.8 Å². The summed E-state index contributed by atoms with van der Waals surface area (Å²) in [6.07, 6.45) is 1.86. The molecular formula is C16H19FN2OS. The van der Waals surface area contributed by atoms with Crippen LogP contribution < -0.4 is 0 Å². The molecule has 0 bridgehead atoms. The van der Waals surface area contributed by atoms with Crippen LogP contribution in [0.2, 0.25) is 0 Å². The third kappa shape index (κ3) is 3.88. The average molecular weight is 306 g/mol. The van der Waals surface area contributed by atoms with Gasteiger partial charge in [0.1, 0.15) is 16.5 Å². The maximum absolute atomic E-state index is 12.9. The first kappa shape index (κ1) is 15.6. The van der Waals surface area contributed by atoms with Gasteiger partial charge in [0.25, 0.3) is 5.91 Å². The second-order valence-electron chi connectivity index (χ2n) is 4.84. The van der Waals surface area contributed by atoms with E-state index in [0.717, 1.165) is 36.5 Å². The molecule has 112 valence electrons. The summed E-state index contributed by atoms with van der Waals surface area (Å²) in [4.78, 5) is 18.7. The van der Waals surface area contributed by atoms with Crippen molar-refractivity contribution in [2.45, 2.75) is 26.7 Å². The first-order chi connectivity index (χ1) is 10.2. The quantitative estimate of drug-likeness (QED) is 0.801. The molecule has 0 spiro atoms. The van der Waals surface area contributed by atoms with Gasteiger partial charge in [-0.05, 0) is 37.1 Å². The van der Waals surface area contributed by atoms with Crippen LogP contribution in [0.3, 0.4) is 0 Å². The fraction of sp³-hybridized carbons (Fsp3) is 0.375. The van der Waals surface area contributed by atoms with Crippen LogP contribution in [-0.2, 0) is 0 Å². The molecule has 2 aromatic rings. The molecule has 1 aromatic heterocycles. The molecule has 1 aromatic carbocycles. The third-order valence-corrected chi connectivity index (χ3v) is 3.98. The van der Waals surface area contributed by atoms with Crippen molar-refractivity contribution >= 4 is 17.2 Å². The van der Waals surface area contributed by atoms with Crippen LogP contribution in [0.15, 0.2) is 29.6 Å². The molecule has 1 amide bonds. The molecule has 0 aliphatic heterocycles. The Morgan fingerprint density at radius 2 is 1.81 bits per heavy atom. The molecule has 5 heteroatoms. The van der Waals surface area contributed by atoms with Crippen molar-refractivity contribution in [2.75, 3.05) is 13.1 Å². The Morgan fingerprint density at radius 1 is 1.19 bits per heavy atom. The van der Waals surface area contributed by atoms with Gasteiger partial charge in [0.15, 0.2) is 0 Å². The van der Waals surface area contributed by atoms with E-state index in [-0.39, 0.29) is 11.7 Å². The number of hydrogen-bond donors (Lipinski definition) is 0. The molecule has 0 unspecified atom stereocenters. The largest absolute Gasteiger partial charge is 0.337 e. The molecule has 21 heavy (non-hydrogen) atoms. The summed E-state index contributed by atoms with van der Waals surface area (Å²) < 4.78 is 12.9. The van der Waals surface area contributed by atoms with Gasteiger partial charge in [-0.25, -0.2) is 9.37 Å². The molecule has 0 atom stereocenters. The standard InChI is InChI=1S/C16H19FN2OS/c1-3-9-19(10-4-2)16(20)14-11-21-15(18-14)12-5-7-13(17)8-6-12/h5-8,11H,3-4,9-10H2,1-2H3. The van der Waals surface area contributed by atoms with Crippen LogP contribution in [-0.4, -0.2) is 28.9 Å². The molecule has 3 nitrogen and oxygen atoms in total. The minimum Gasteiger partial charge on any atom is -0.337 e. The summed E-state index contributed by atoms with van der Waals surface area (Å²) in [5, 5.41) is 2.52. The zero-order valence-electron chi connectivity index (χ0n) is 12.3. The highest BCUT2D eigenvalue weighted by Crippen LogP contribution is 2.24. The Balaban J connectivity index is 2.18. The van der Waals surface area contributed by atoms with Gasteiger partial charge in [-0.3, -0.25) is 4.79 Å². The minimum absolute atomic E-state index is 0.0247. The van der Waals surface area contributed by atoms with Crippen LogP contribution in [0.5, 0.6) is 0 Å². The van der Waals surface area contributed by atoms with Crippen molar-refractivity contribution in [3.05, 3.63) is 41.2 Å². The lowest BCUT2D eigenvalue weighted by Gasteiger charge is -2.20. The highest BCUT2D eigenvalue weighted by Gasteiger charge is 2.17. The van der Waals surface area contributed by atoms with Crippen LogP contribution in [0, 0.1) is 5.82 Å². The van der Waals surface area contributed by atoms with Crippen molar-refractivity contribution in [3.63, 3.8) is 0 Å². The Labute approximate surface area is 128 Å². The summed E-state index contributed by atoms with van der Waals surface area (Å²) in [5.74, 6) is -0.299. The molecule has 0 saturated heterocycles. The van der Waals surface area contributed by atoms with E-state index in [1.54, 1.807) is 17.5 Å². The van der Waals surface area contributed by atoms with Crippen molar-refractivity contribution in [1.29, 1.82) is 0 Å². The molecule has 0 radical (unpaired) electrons. The number of carbonyl (C=O) groups excluding carboxylic acids is 1. The summed E-state index contributed by atoms with van der Waals surface area (Å²) in [6, 6.07) is 6.16. The summed E-state index contributed by atoms with van der Waals surface area (Å²) in [6.45, 7) is 5.61. The van der Waals surface area contributed by atoms with Gasteiger partial charge in [0, 0.05) is 24.0 Å². The summed E-state index contributed by atoms with van der Waals surface area (Å²) >= 11 is 1.41. The van der Waals surface area contributed by atoms with Gasteiger partial charge >= 0.3 is 0 Å². The number of thiazole rings is 1. The highest BCUT2D eigenvalue weighted by atomic mass is 32.1. The van der Waals surface area contributed by atoms with E-state index in [1.807, 2.05) is 4.90 Å². The Hall–Kier alpha value is -1.75. The molecule has 0 aliphatic carbocycles. The first-order valence-electron chi connectivity index (χ1n) is 7.16. The van der Waals surface area contributed by atoms with E-state index in [1.165, 1.54) is 23.5 Å². The number of benzene rings is 1. The Kier molecular flexibility index (Phi) is 5.44. The van der Waals surface area contributed by atoms with Gasteiger partial charge in [0.05, 0.1) is 0 Å². The number of halogens is 1. The fourth-order valence-corrected chi connectivity index (χ4v) is 2.91. The van der Waals surface area contributed by atoms with E-state index in [4.69, 9.17) is 0 Å². The van der Waals surface area contributed by atoms with Crippen LogP contribution in [0.1, 0.15) is 37.2 Å². The lowest BCUT2D eigenvalue weighted by Crippen LogP contribution is -2.32. The molecule has 2 rings (SSSR count). The molecule has 0 aliphatic rings. The van der Waals surface area contributed by atoms with E-state index >= 15 is 0 Å². The third-order valence-electron chi connectivity index (χ3n) is 3.09. The van der Waals surface area contributed by atoms with Crippen molar-refractivity contribution in [3.8, 4) is 10.6 Å². The predicted octanol–water partition coefficient (Wildman–Crippen LogP) is 4.21. The Morgan fingerprint density at radius 3 is 2.38 bits per heavy atom. The number of aromatic nitrogens is 1. The van der Waals surface area contributed by atoms with Gasteiger partial charge in [-0.1, -0.05) is 13.8 Å². The zero-order valence-corrected chi connectivity index (χ0v) is 13.1. The predicted molar refractivity (Wildman–Crippen MR) is 84.0 cm³/mol. The number of nitrogens with zero attached hydrogens (tertiary/aromatic N) is 2. The van der Waals surface area contributed by atoms with E-state index < -0.39 is 0 Å². The molecule has 0 saturated carbocycles. The van der Waals surface area contributed by atoms with Crippen molar-refractivity contribution in [1.82, 2.24) is 9.88 Å². The van der Waals surface area contributed by atoms with Crippen LogP contribution in [0.25, 0.3) is 10.6 Å². The van der Waals surface area contributed by atoms with E-state index in [0.29, 0.717) is 5.69 Å². The normalized spacial score (nSPS) is 10.6. The maximum Gasteiger partial charge on any atom is 0.273 e. The summed E-state index contributed by atoms with van der Waals surface area (Å²) in [7, 11) is 0. The van der Waals surface area contributed by atoms with Gasteiger partial charge < -0.3 is 4.90 Å². The number of rotatable bonds is 6. The second kappa shape index (κ2) is 7.31. The second-order valence-corrected chi connectivity index (χ2v) is 5.70. The summed E-state index contributed by atoms with van der Waals surface area (Å²) in [5.41, 5.74) is 1.30. The topological polar surface area (TPSA) is 33.2 Å². The number of hydrogen-bond acceptors (Lipinski definition) is 3. The number of amides is 1. The Bertz CT molecular complexity index is 589. The van der Waals surface area contributed by atoms with Gasteiger partial charge in [0.2, 0.25) is 0 Å². The zero-order chi connectivity index (χ0) is 15.2. The monoisotopic (exact) mass is 306 g/mol. The fourth-order valence-electron chi connectivity index (χ4n) is 2.11. The molecule has 1 heterocycles. The smallest absolute Gasteiger partial charge is 0.273 e. The highest BCUT2D eigenvalue weighted by molar-refractivity contribution is 7.13. The van der Waals surface area contributed by atoms with E-state index in [9.17, 15) is 9.18 Å². The molecular weight excluding hydrogens is 287 g/mol. The van der Waals surface area contributed by atoms with Crippen LogP contribution >= 0.6 is 11.3 Å². The number of carbonyl (C=O) groups is 1. The lowest BCUT2D eigenvalue weighted by atomic mass is 10.2. The molecule has 0 N–H and O–H groups in total. The average Bonchev–Trinajstić information content (AvgIpc) is 2.97. The van der Waals surface area contributed by atoms with Crippen molar-refractivity contribution < 1.29 is 9.18 Å². The molecule has 0 fully saturated rings. The minimum atomic E-state index is -0.274. The van der Waals surface area contributed by atoms with Gasteiger partial charge in [-0.15, -0.1) is 11.3 Å².